The van der Waals surface area contributed by atoms with Crippen LogP contribution in [0.2, 0.25) is 0 Å². The SMILES string of the molecule is Cn1nc(CN2CCCc3cc(C(=O)NCC4CCN(S(C)=O)CC4)ccc32)c2ccccc21. The largest absolute Gasteiger partial charge is 0.365 e. The summed E-state index contributed by atoms with van der Waals surface area (Å²) in [5.74, 6) is 0.446. The molecule has 1 unspecified atom stereocenters. The lowest BCUT2D eigenvalue weighted by molar-refractivity contribution is 0.0941. The van der Waals surface area contributed by atoms with Crippen LogP contribution in [0, 0.1) is 5.92 Å². The molecule has 2 aliphatic heterocycles. The van der Waals surface area contributed by atoms with Crippen LogP contribution in [0.15, 0.2) is 42.5 Å². The minimum absolute atomic E-state index is 0.00265. The highest BCUT2D eigenvalue weighted by molar-refractivity contribution is 7.81. The molecule has 0 saturated carbocycles. The first-order valence-electron chi connectivity index (χ1n) is 12.1. The van der Waals surface area contributed by atoms with Crippen LogP contribution >= 0.6 is 0 Å². The Balaban J connectivity index is 1.24. The average Bonchev–Trinajstić information content (AvgIpc) is 3.18. The number of nitrogens with one attached hydrogen (secondary N) is 1. The second kappa shape index (κ2) is 9.88. The quantitative estimate of drug-likeness (QED) is 0.589. The van der Waals surface area contributed by atoms with Gasteiger partial charge in [-0.25, -0.2) is 8.51 Å². The van der Waals surface area contributed by atoms with Crippen LogP contribution in [-0.4, -0.2) is 56.6 Å². The van der Waals surface area contributed by atoms with Crippen LogP contribution in [0.5, 0.6) is 0 Å². The fourth-order valence-corrected chi connectivity index (χ4v) is 6.00. The monoisotopic (exact) mass is 479 g/mol. The number of aryl methyl sites for hydroxylation is 2. The van der Waals surface area contributed by atoms with Gasteiger partial charge < -0.3 is 10.2 Å². The van der Waals surface area contributed by atoms with Crippen molar-refractivity contribution >= 4 is 33.5 Å². The van der Waals surface area contributed by atoms with E-state index in [2.05, 4.69) is 40.5 Å². The van der Waals surface area contributed by atoms with Crippen LogP contribution in [0.4, 0.5) is 5.69 Å². The maximum absolute atomic E-state index is 12.9. The van der Waals surface area contributed by atoms with E-state index >= 15 is 0 Å². The van der Waals surface area contributed by atoms with E-state index in [0.717, 1.165) is 68.6 Å². The molecule has 1 amide bonds. The number of carbonyl (C=O) groups excluding carboxylic acids is 1. The van der Waals surface area contributed by atoms with Gasteiger partial charge in [-0.05, 0) is 61.4 Å². The van der Waals surface area contributed by atoms with Crippen LogP contribution in [0.25, 0.3) is 10.9 Å². The summed E-state index contributed by atoms with van der Waals surface area (Å²) in [4.78, 5) is 15.3. The van der Waals surface area contributed by atoms with Gasteiger partial charge in [-0.2, -0.15) is 5.10 Å². The van der Waals surface area contributed by atoms with Gasteiger partial charge in [0.05, 0.1) is 28.7 Å². The normalized spacial score (nSPS) is 18.1. The zero-order chi connectivity index (χ0) is 23.7. The molecule has 0 bridgehead atoms. The number of amides is 1. The highest BCUT2D eigenvalue weighted by Gasteiger charge is 2.23. The number of para-hydroxylation sites is 1. The third-order valence-corrected chi connectivity index (χ3v) is 8.31. The first-order chi connectivity index (χ1) is 16.5. The van der Waals surface area contributed by atoms with Gasteiger partial charge in [-0.3, -0.25) is 9.48 Å². The fraction of sp³-hybridized carbons (Fsp3) is 0.462. The molecule has 5 rings (SSSR count). The summed E-state index contributed by atoms with van der Waals surface area (Å²) in [6.07, 6.45) is 5.74. The molecule has 2 aliphatic rings. The number of benzene rings is 2. The summed E-state index contributed by atoms with van der Waals surface area (Å²) in [6.45, 7) is 4.11. The van der Waals surface area contributed by atoms with Gasteiger partial charge >= 0.3 is 0 Å². The Morgan fingerprint density at radius 3 is 2.74 bits per heavy atom. The fourth-order valence-electron chi connectivity index (χ4n) is 5.28. The Labute approximate surface area is 203 Å². The van der Waals surface area contributed by atoms with E-state index in [1.54, 1.807) is 6.26 Å². The predicted octanol–water partition coefficient (Wildman–Crippen LogP) is 3.26. The molecule has 1 N–H and O–H groups in total. The molecule has 3 heterocycles. The molecule has 1 atom stereocenters. The number of hydrogen-bond donors (Lipinski definition) is 1. The minimum atomic E-state index is -0.896. The second-order valence-corrected chi connectivity index (χ2v) is 10.8. The Hall–Kier alpha value is -2.71. The van der Waals surface area contributed by atoms with E-state index in [1.807, 2.05) is 28.2 Å². The van der Waals surface area contributed by atoms with E-state index in [1.165, 1.54) is 16.6 Å². The summed E-state index contributed by atoms with van der Waals surface area (Å²) in [6, 6.07) is 14.5. The van der Waals surface area contributed by atoms with E-state index in [4.69, 9.17) is 5.10 Å². The van der Waals surface area contributed by atoms with Crippen molar-refractivity contribution in [2.45, 2.75) is 32.2 Å². The number of anilines is 1. The van der Waals surface area contributed by atoms with Gasteiger partial charge in [0.15, 0.2) is 0 Å². The molecule has 34 heavy (non-hydrogen) atoms. The Morgan fingerprint density at radius 2 is 1.94 bits per heavy atom. The molecule has 3 aromatic rings. The zero-order valence-corrected chi connectivity index (χ0v) is 20.8. The molecule has 1 fully saturated rings. The van der Waals surface area contributed by atoms with Gasteiger partial charge in [-0.15, -0.1) is 0 Å². The molecular weight excluding hydrogens is 446 g/mol. The summed E-state index contributed by atoms with van der Waals surface area (Å²) in [5.41, 5.74) is 5.41. The number of rotatable bonds is 6. The topological polar surface area (TPSA) is 70.5 Å². The van der Waals surface area contributed by atoms with E-state index in [9.17, 15) is 9.00 Å². The molecule has 0 aliphatic carbocycles. The van der Waals surface area contributed by atoms with Gasteiger partial charge in [-0.1, -0.05) is 18.2 Å². The van der Waals surface area contributed by atoms with Crippen molar-refractivity contribution in [2.24, 2.45) is 13.0 Å². The maximum Gasteiger partial charge on any atom is 0.251 e. The van der Waals surface area contributed by atoms with E-state index in [-0.39, 0.29) is 5.91 Å². The van der Waals surface area contributed by atoms with E-state index in [0.29, 0.717) is 12.5 Å². The van der Waals surface area contributed by atoms with Crippen molar-refractivity contribution in [3.05, 3.63) is 59.3 Å². The molecule has 2 aromatic carbocycles. The average molecular weight is 480 g/mol. The number of carbonyl (C=O) groups is 1. The number of fused-ring (bicyclic) bond motifs is 2. The van der Waals surface area contributed by atoms with Crippen LogP contribution < -0.4 is 10.2 Å². The summed E-state index contributed by atoms with van der Waals surface area (Å²) in [7, 11) is 1.10. The summed E-state index contributed by atoms with van der Waals surface area (Å²) < 4.78 is 15.6. The first-order valence-corrected chi connectivity index (χ1v) is 13.7. The van der Waals surface area contributed by atoms with Crippen molar-refractivity contribution in [1.29, 1.82) is 0 Å². The zero-order valence-electron chi connectivity index (χ0n) is 20.0. The number of aromatic nitrogens is 2. The van der Waals surface area contributed by atoms with Crippen LogP contribution in [-0.2, 0) is 31.0 Å². The Kier molecular flexibility index (Phi) is 6.70. The Morgan fingerprint density at radius 1 is 1.15 bits per heavy atom. The molecule has 0 radical (unpaired) electrons. The lowest BCUT2D eigenvalue weighted by Gasteiger charge is -2.31. The molecule has 0 spiro atoms. The standard InChI is InChI=1S/C26H33N5O2S/c1-29-25-8-4-3-7-22(25)23(28-29)18-30-13-5-6-20-16-21(9-10-24(20)30)26(32)27-17-19-11-14-31(15-12-19)34(2)33/h3-4,7-10,16,19H,5-6,11-15,17-18H2,1-2H3,(H,27,32). The molecule has 8 heteroatoms. The van der Waals surface area contributed by atoms with Gasteiger partial charge in [0, 0.05) is 56.1 Å². The van der Waals surface area contributed by atoms with Crippen molar-refractivity contribution in [1.82, 2.24) is 19.4 Å². The smallest absolute Gasteiger partial charge is 0.251 e. The van der Waals surface area contributed by atoms with Crippen molar-refractivity contribution in [2.75, 3.05) is 37.3 Å². The molecule has 1 saturated heterocycles. The maximum atomic E-state index is 12.9. The third-order valence-electron chi connectivity index (χ3n) is 7.22. The molecular formula is C26H33N5O2S. The second-order valence-electron chi connectivity index (χ2n) is 9.46. The lowest BCUT2D eigenvalue weighted by Crippen LogP contribution is -2.39. The highest BCUT2D eigenvalue weighted by Crippen LogP contribution is 2.30. The van der Waals surface area contributed by atoms with Gasteiger partial charge in [0.25, 0.3) is 5.91 Å². The predicted molar refractivity (Wildman–Crippen MR) is 137 cm³/mol. The van der Waals surface area contributed by atoms with Crippen molar-refractivity contribution in [3.8, 4) is 0 Å². The Bertz CT molecular complexity index is 1220. The van der Waals surface area contributed by atoms with Gasteiger partial charge in [0.1, 0.15) is 0 Å². The summed E-state index contributed by atoms with van der Waals surface area (Å²) >= 11 is 0. The number of piperidine rings is 1. The lowest BCUT2D eigenvalue weighted by atomic mass is 9.97. The molecule has 7 nitrogen and oxygen atoms in total. The third kappa shape index (κ3) is 4.74. The molecule has 180 valence electrons. The molecule has 1 aromatic heterocycles. The highest BCUT2D eigenvalue weighted by atomic mass is 32.2. The van der Waals surface area contributed by atoms with Gasteiger partial charge in [0.2, 0.25) is 0 Å². The number of hydrogen-bond acceptors (Lipinski definition) is 4. The van der Waals surface area contributed by atoms with E-state index < -0.39 is 11.0 Å². The first kappa shape index (κ1) is 23.1. The number of nitrogens with zero attached hydrogens (tertiary/aromatic N) is 4. The van der Waals surface area contributed by atoms with Crippen molar-refractivity contribution in [3.63, 3.8) is 0 Å². The van der Waals surface area contributed by atoms with Crippen LogP contribution in [0.1, 0.15) is 40.9 Å². The van der Waals surface area contributed by atoms with Crippen molar-refractivity contribution < 1.29 is 9.00 Å². The van der Waals surface area contributed by atoms with Crippen LogP contribution in [0.3, 0.4) is 0 Å². The minimum Gasteiger partial charge on any atom is -0.365 e. The summed E-state index contributed by atoms with van der Waals surface area (Å²) in [5, 5.41) is 9.11.